The lowest BCUT2D eigenvalue weighted by Gasteiger charge is -2.38. The predicted octanol–water partition coefficient (Wildman–Crippen LogP) is 3.75. The molecule has 2 aromatic heterocycles. The highest BCUT2D eigenvalue weighted by molar-refractivity contribution is 5.94. The molecule has 0 aliphatic carbocycles. The highest BCUT2D eigenvalue weighted by atomic mass is 19.1. The number of nitrogens with zero attached hydrogens (tertiary/aromatic N) is 4. The van der Waals surface area contributed by atoms with Gasteiger partial charge in [-0.15, -0.1) is 0 Å². The van der Waals surface area contributed by atoms with Crippen molar-refractivity contribution in [3.63, 3.8) is 0 Å². The van der Waals surface area contributed by atoms with Crippen LogP contribution in [0.3, 0.4) is 0 Å². The minimum atomic E-state index is -0.233. The molecular formula is C25H25FN4O. The van der Waals surface area contributed by atoms with Gasteiger partial charge in [-0.3, -0.25) is 19.7 Å². The van der Waals surface area contributed by atoms with Gasteiger partial charge in [0.25, 0.3) is 5.91 Å². The van der Waals surface area contributed by atoms with Crippen LogP contribution >= 0.6 is 0 Å². The van der Waals surface area contributed by atoms with Gasteiger partial charge < -0.3 is 4.90 Å². The van der Waals surface area contributed by atoms with E-state index in [1.165, 1.54) is 12.1 Å². The van der Waals surface area contributed by atoms with Gasteiger partial charge in [0.05, 0.1) is 5.69 Å². The van der Waals surface area contributed by atoms with Gasteiger partial charge in [0.1, 0.15) is 5.82 Å². The number of carbonyl (C=O) groups excluding carboxylic acids is 1. The van der Waals surface area contributed by atoms with Gasteiger partial charge in [0.15, 0.2) is 0 Å². The van der Waals surface area contributed by atoms with E-state index < -0.39 is 0 Å². The Balaban J connectivity index is 1.41. The number of benzene rings is 1. The lowest BCUT2D eigenvalue weighted by molar-refractivity contribution is 0.0612. The van der Waals surface area contributed by atoms with E-state index >= 15 is 0 Å². The second-order valence-electron chi connectivity index (χ2n) is 8.43. The minimum absolute atomic E-state index is 0.0557. The Morgan fingerprint density at radius 3 is 2.55 bits per heavy atom. The Labute approximate surface area is 181 Å². The van der Waals surface area contributed by atoms with E-state index in [4.69, 9.17) is 0 Å². The number of rotatable bonds is 4. The number of hydrogen-bond donors (Lipinski definition) is 0. The van der Waals surface area contributed by atoms with Crippen LogP contribution in [0, 0.1) is 11.7 Å². The summed E-state index contributed by atoms with van der Waals surface area (Å²) in [6.07, 6.45) is 6.07. The molecular weight excluding hydrogens is 391 g/mol. The van der Waals surface area contributed by atoms with Crippen LogP contribution in [0.15, 0.2) is 73.2 Å². The standard InChI is InChI=1S/C25H25FN4O/c26-20-6-4-18(5-7-20)22-17-30(25(31)19-8-12-27-13-9-19)24-10-14-29(16-23(22)24)15-21-3-1-2-11-28-21/h1-9,11-13,22-24H,10,14-17H2/t22-,23-,24-/m0/s1. The van der Waals surface area contributed by atoms with Crippen LogP contribution in [0.1, 0.15) is 34.0 Å². The molecule has 2 saturated heterocycles. The fourth-order valence-electron chi connectivity index (χ4n) is 5.13. The topological polar surface area (TPSA) is 49.3 Å². The van der Waals surface area contributed by atoms with Gasteiger partial charge in [-0.25, -0.2) is 4.39 Å². The average molecular weight is 417 g/mol. The molecule has 0 bridgehead atoms. The monoisotopic (exact) mass is 416 g/mol. The molecule has 1 amide bonds. The molecule has 0 radical (unpaired) electrons. The highest BCUT2D eigenvalue weighted by Crippen LogP contribution is 2.42. The number of pyridine rings is 2. The summed E-state index contributed by atoms with van der Waals surface area (Å²) in [4.78, 5) is 26.3. The van der Waals surface area contributed by atoms with Crippen molar-refractivity contribution >= 4 is 5.91 Å². The van der Waals surface area contributed by atoms with Crippen LogP contribution in [0.25, 0.3) is 0 Å². The molecule has 5 nitrogen and oxygen atoms in total. The molecule has 0 spiro atoms. The molecule has 0 N–H and O–H groups in total. The van der Waals surface area contributed by atoms with Gasteiger partial charge in [0, 0.05) is 68.2 Å². The first-order valence-corrected chi connectivity index (χ1v) is 10.8. The van der Waals surface area contributed by atoms with Crippen molar-refractivity contribution in [2.24, 2.45) is 5.92 Å². The van der Waals surface area contributed by atoms with Gasteiger partial charge in [-0.2, -0.15) is 0 Å². The second-order valence-corrected chi connectivity index (χ2v) is 8.43. The lowest BCUT2D eigenvalue weighted by atomic mass is 9.81. The first-order chi connectivity index (χ1) is 15.2. The van der Waals surface area contributed by atoms with Crippen molar-refractivity contribution in [1.82, 2.24) is 19.8 Å². The highest BCUT2D eigenvalue weighted by Gasteiger charge is 2.47. The van der Waals surface area contributed by atoms with E-state index in [1.807, 2.05) is 35.4 Å². The number of likely N-dealkylation sites (tertiary alicyclic amines) is 2. The van der Waals surface area contributed by atoms with Gasteiger partial charge in [0.2, 0.25) is 0 Å². The van der Waals surface area contributed by atoms with E-state index in [2.05, 4.69) is 20.9 Å². The van der Waals surface area contributed by atoms with Crippen molar-refractivity contribution in [2.75, 3.05) is 19.6 Å². The number of halogens is 1. The van der Waals surface area contributed by atoms with E-state index in [0.717, 1.165) is 37.3 Å². The number of aromatic nitrogens is 2. The molecule has 31 heavy (non-hydrogen) atoms. The molecule has 3 aromatic rings. The number of carbonyl (C=O) groups is 1. The fraction of sp³-hybridized carbons (Fsp3) is 0.320. The Morgan fingerprint density at radius 1 is 1.00 bits per heavy atom. The van der Waals surface area contributed by atoms with E-state index in [1.54, 1.807) is 24.5 Å². The summed E-state index contributed by atoms with van der Waals surface area (Å²) in [5, 5.41) is 0. The van der Waals surface area contributed by atoms with Crippen LogP contribution in [0.4, 0.5) is 4.39 Å². The summed E-state index contributed by atoms with van der Waals surface area (Å²) in [6.45, 7) is 3.27. The number of fused-ring (bicyclic) bond motifs is 1. The Hall–Kier alpha value is -3.12. The summed E-state index contributed by atoms with van der Waals surface area (Å²) in [5.41, 5.74) is 2.83. The summed E-state index contributed by atoms with van der Waals surface area (Å²) >= 11 is 0. The summed E-state index contributed by atoms with van der Waals surface area (Å²) in [5.74, 6) is 0.306. The average Bonchev–Trinajstić information content (AvgIpc) is 3.19. The third-order valence-electron chi connectivity index (χ3n) is 6.61. The van der Waals surface area contributed by atoms with Gasteiger partial charge in [-0.05, 0) is 48.4 Å². The Morgan fingerprint density at radius 2 is 1.81 bits per heavy atom. The van der Waals surface area contributed by atoms with E-state index in [9.17, 15) is 9.18 Å². The van der Waals surface area contributed by atoms with Gasteiger partial charge >= 0.3 is 0 Å². The molecule has 4 heterocycles. The molecule has 6 heteroatoms. The molecule has 0 unspecified atom stereocenters. The second kappa shape index (κ2) is 8.55. The van der Waals surface area contributed by atoms with E-state index in [-0.39, 0.29) is 23.7 Å². The van der Waals surface area contributed by atoms with Crippen molar-refractivity contribution < 1.29 is 9.18 Å². The zero-order valence-corrected chi connectivity index (χ0v) is 17.3. The third kappa shape index (κ3) is 4.08. The van der Waals surface area contributed by atoms with Crippen molar-refractivity contribution in [1.29, 1.82) is 0 Å². The maximum absolute atomic E-state index is 13.6. The molecule has 2 aliphatic heterocycles. The number of piperidine rings is 1. The fourth-order valence-corrected chi connectivity index (χ4v) is 5.13. The molecule has 3 atom stereocenters. The van der Waals surface area contributed by atoms with Crippen LogP contribution in [0.5, 0.6) is 0 Å². The number of hydrogen-bond acceptors (Lipinski definition) is 4. The number of amides is 1. The zero-order chi connectivity index (χ0) is 21.2. The first kappa shape index (κ1) is 19.8. The van der Waals surface area contributed by atoms with Crippen LogP contribution in [0.2, 0.25) is 0 Å². The molecule has 2 fully saturated rings. The smallest absolute Gasteiger partial charge is 0.254 e. The maximum atomic E-state index is 13.6. The van der Waals surface area contributed by atoms with Crippen molar-refractivity contribution in [3.8, 4) is 0 Å². The SMILES string of the molecule is O=C(c1ccncc1)N1C[C@@H](c2ccc(F)cc2)[C@@H]2CN(Cc3ccccn3)CC[C@@H]21. The summed E-state index contributed by atoms with van der Waals surface area (Å²) < 4.78 is 13.6. The normalized spacial score (nSPS) is 23.5. The largest absolute Gasteiger partial charge is 0.335 e. The molecule has 0 saturated carbocycles. The molecule has 5 rings (SSSR count). The first-order valence-electron chi connectivity index (χ1n) is 10.8. The minimum Gasteiger partial charge on any atom is -0.335 e. The van der Waals surface area contributed by atoms with Gasteiger partial charge in [-0.1, -0.05) is 18.2 Å². The Kier molecular flexibility index (Phi) is 5.47. The van der Waals surface area contributed by atoms with Crippen molar-refractivity contribution in [3.05, 3.63) is 95.8 Å². The summed E-state index contributed by atoms with van der Waals surface area (Å²) in [6, 6.07) is 16.5. The maximum Gasteiger partial charge on any atom is 0.254 e. The van der Waals surface area contributed by atoms with Crippen LogP contribution < -0.4 is 0 Å². The quantitative estimate of drug-likeness (QED) is 0.650. The third-order valence-corrected chi connectivity index (χ3v) is 6.61. The van der Waals surface area contributed by atoms with Crippen molar-refractivity contribution in [2.45, 2.75) is 24.9 Å². The molecule has 2 aliphatic rings. The van der Waals surface area contributed by atoms with Crippen LogP contribution in [-0.4, -0.2) is 51.4 Å². The zero-order valence-electron chi connectivity index (χ0n) is 17.3. The Bertz CT molecular complexity index is 1030. The molecule has 158 valence electrons. The van der Waals surface area contributed by atoms with E-state index in [0.29, 0.717) is 18.0 Å². The predicted molar refractivity (Wildman–Crippen MR) is 116 cm³/mol. The summed E-state index contributed by atoms with van der Waals surface area (Å²) in [7, 11) is 0. The van der Waals surface area contributed by atoms with Crippen LogP contribution in [-0.2, 0) is 6.54 Å². The molecule has 1 aromatic carbocycles. The lowest BCUT2D eigenvalue weighted by Crippen LogP contribution is -2.47.